The molecule has 0 aliphatic heterocycles. The summed E-state index contributed by atoms with van der Waals surface area (Å²) in [4.78, 5) is 53.5. The topological polar surface area (TPSA) is 136 Å². The highest BCUT2D eigenvalue weighted by Crippen LogP contribution is 2.70. The summed E-state index contributed by atoms with van der Waals surface area (Å²) in [5.74, 6) is -0.0471. The normalized spacial score (nSPS) is 38.0. The van der Waals surface area contributed by atoms with Crippen LogP contribution in [0, 0.1) is 64.1 Å². The first-order valence-corrected chi connectivity index (χ1v) is 22.7. The molecule has 0 radical (unpaired) electrons. The number of esters is 1. The molecule has 58 heavy (non-hydrogen) atoms. The van der Waals surface area contributed by atoms with Crippen molar-refractivity contribution in [1.82, 2.24) is 15.5 Å². The van der Waals surface area contributed by atoms with E-state index in [2.05, 4.69) is 50.1 Å². The van der Waals surface area contributed by atoms with Crippen molar-refractivity contribution in [3.05, 3.63) is 45.4 Å². The van der Waals surface area contributed by atoms with Crippen molar-refractivity contribution in [1.29, 1.82) is 0 Å². The van der Waals surface area contributed by atoms with Crippen molar-refractivity contribution >= 4 is 46.6 Å². The fraction of sp³-hybridized carbons (Fsp3) is 0.702. The summed E-state index contributed by atoms with van der Waals surface area (Å²) in [6.45, 7) is 17.3. The van der Waals surface area contributed by atoms with Gasteiger partial charge in [-0.15, -0.1) is 10.2 Å². The Hall–Kier alpha value is -3.11. The molecule has 316 valence electrons. The van der Waals surface area contributed by atoms with Crippen LogP contribution in [0.1, 0.15) is 132 Å². The number of aromatic nitrogens is 2. The smallest absolute Gasteiger partial charge is 0.309 e. The average Bonchev–Trinajstić information content (AvgIpc) is 3.75. The van der Waals surface area contributed by atoms with Crippen molar-refractivity contribution < 1.29 is 29.0 Å². The number of ketones is 1. The van der Waals surface area contributed by atoms with Gasteiger partial charge in [-0.2, -0.15) is 0 Å². The third-order valence-electron chi connectivity index (χ3n) is 16.8. The Balaban J connectivity index is 0.00000512. The number of carbonyl (C=O) groups is 4. The second-order valence-corrected chi connectivity index (χ2v) is 21.6. The van der Waals surface area contributed by atoms with Crippen LogP contribution in [0.15, 0.2) is 35.4 Å². The van der Waals surface area contributed by atoms with Gasteiger partial charge in [0, 0.05) is 17.0 Å². The maximum Gasteiger partial charge on any atom is 0.309 e. The zero-order valence-corrected chi connectivity index (χ0v) is 36.4. The largest absolute Gasteiger partial charge is 0.481 e. The predicted molar refractivity (Wildman–Crippen MR) is 227 cm³/mol. The van der Waals surface area contributed by atoms with Crippen LogP contribution in [0.2, 0.25) is 5.02 Å². The molecule has 2 aromatic rings. The summed E-state index contributed by atoms with van der Waals surface area (Å²) in [7, 11) is 0. The van der Waals surface area contributed by atoms with Crippen LogP contribution in [0.3, 0.4) is 0 Å². The SMILES string of the molecule is C.CC(C)C1=C2C3CCC4C(C)(CCC5C(C)C(OC(=O)C6CC(C(=O)O)C6C)CCC54C)C3CCC2(NC(=O)C(C)(C)c2nnc(-c3ccc(Cl)cc3)s2)CC1=O. The number of Topliss-reactive ketones (excluding diaryl/α,β-unsaturated/α-hetero) is 1. The number of allylic oxidation sites excluding steroid dienone is 1. The lowest BCUT2D eigenvalue weighted by molar-refractivity contribution is -0.196. The quantitative estimate of drug-likeness (QED) is 0.251. The number of hydrogen-bond acceptors (Lipinski definition) is 8. The van der Waals surface area contributed by atoms with Gasteiger partial charge in [-0.05, 0) is 147 Å². The minimum absolute atomic E-state index is 0. The average molecular weight is 835 g/mol. The molecule has 9 nitrogen and oxygen atoms in total. The zero-order chi connectivity index (χ0) is 41.0. The zero-order valence-electron chi connectivity index (χ0n) is 34.8. The van der Waals surface area contributed by atoms with E-state index < -0.39 is 22.8 Å². The minimum Gasteiger partial charge on any atom is -0.481 e. The fourth-order valence-electron chi connectivity index (χ4n) is 13.5. The third-order valence-corrected chi connectivity index (χ3v) is 18.3. The molecule has 1 amide bonds. The highest BCUT2D eigenvalue weighted by Gasteiger charge is 2.65. The van der Waals surface area contributed by atoms with Gasteiger partial charge in [-0.1, -0.05) is 84.0 Å². The van der Waals surface area contributed by atoms with Gasteiger partial charge in [-0.3, -0.25) is 19.2 Å². The summed E-state index contributed by atoms with van der Waals surface area (Å²) in [5.41, 5.74) is 1.60. The number of halogens is 1. The first kappa shape index (κ1) is 43.0. The van der Waals surface area contributed by atoms with Crippen molar-refractivity contribution in [2.75, 3.05) is 0 Å². The Morgan fingerprint density at radius 3 is 2.24 bits per heavy atom. The number of amides is 1. The van der Waals surface area contributed by atoms with Crippen LogP contribution in [-0.2, 0) is 29.3 Å². The number of carboxylic acids is 1. The predicted octanol–water partition coefficient (Wildman–Crippen LogP) is 10.1. The first-order chi connectivity index (χ1) is 26.8. The molecule has 11 heteroatoms. The molecule has 12 atom stereocenters. The monoisotopic (exact) mass is 833 g/mol. The van der Waals surface area contributed by atoms with Gasteiger partial charge in [0.15, 0.2) is 5.78 Å². The van der Waals surface area contributed by atoms with Crippen molar-refractivity contribution in [2.45, 2.75) is 144 Å². The van der Waals surface area contributed by atoms with Gasteiger partial charge in [0.25, 0.3) is 0 Å². The minimum atomic E-state index is -0.958. The molecule has 0 saturated heterocycles. The molecule has 0 spiro atoms. The van der Waals surface area contributed by atoms with E-state index in [1.54, 1.807) is 0 Å². The van der Waals surface area contributed by atoms with E-state index >= 15 is 0 Å². The molecule has 1 aromatic carbocycles. The molecule has 5 saturated carbocycles. The number of benzene rings is 1. The van der Waals surface area contributed by atoms with Gasteiger partial charge in [0.1, 0.15) is 16.1 Å². The Labute approximate surface area is 353 Å². The van der Waals surface area contributed by atoms with Crippen LogP contribution in [0.25, 0.3) is 10.6 Å². The highest BCUT2D eigenvalue weighted by molar-refractivity contribution is 7.15. The molecule has 2 N–H and O–H groups in total. The van der Waals surface area contributed by atoms with Gasteiger partial charge < -0.3 is 15.2 Å². The Bertz CT molecular complexity index is 2010. The summed E-state index contributed by atoms with van der Waals surface area (Å²) in [5, 5.41) is 24.0. The Kier molecular flexibility index (Phi) is 11.2. The summed E-state index contributed by atoms with van der Waals surface area (Å²) in [6.07, 6.45) is 8.38. The number of nitrogens with zero attached hydrogens (tertiary/aromatic N) is 2. The molecule has 6 aliphatic rings. The molecule has 5 fully saturated rings. The van der Waals surface area contributed by atoms with E-state index in [-0.39, 0.29) is 71.6 Å². The molecule has 12 unspecified atom stereocenters. The van der Waals surface area contributed by atoms with Crippen molar-refractivity contribution in [3.8, 4) is 10.6 Å². The highest BCUT2D eigenvalue weighted by atomic mass is 35.5. The van der Waals surface area contributed by atoms with Gasteiger partial charge >= 0.3 is 11.9 Å². The van der Waals surface area contributed by atoms with Gasteiger partial charge in [0.05, 0.1) is 22.8 Å². The lowest BCUT2D eigenvalue weighted by Crippen LogP contribution is -2.63. The number of rotatable bonds is 8. The molecule has 1 aromatic heterocycles. The van der Waals surface area contributed by atoms with Gasteiger partial charge in [-0.25, -0.2) is 0 Å². The van der Waals surface area contributed by atoms with E-state index in [9.17, 15) is 24.3 Å². The number of carbonyl (C=O) groups excluding carboxylic acids is 3. The van der Waals surface area contributed by atoms with Gasteiger partial charge in [0.2, 0.25) is 5.91 Å². The first-order valence-electron chi connectivity index (χ1n) is 21.5. The van der Waals surface area contributed by atoms with Crippen LogP contribution in [0.4, 0.5) is 0 Å². The number of carboxylic acid groups (broad SMARTS) is 1. The van der Waals surface area contributed by atoms with Crippen LogP contribution in [-0.4, -0.2) is 50.6 Å². The van der Waals surface area contributed by atoms with E-state index in [1.807, 2.05) is 45.0 Å². The molecule has 6 aliphatic carbocycles. The lowest BCUT2D eigenvalue weighted by Gasteiger charge is -2.67. The second-order valence-electron chi connectivity index (χ2n) is 20.2. The molecule has 8 rings (SSSR count). The molecule has 0 bridgehead atoms. The van der Waals surface area contributed by atoms with E-state index in [1.165, 1.54) is 16.9 Å². The fourth-order valence-corrected chi connectivity index (χ4v) is 14.6. The Morgan fingerprint density at radius 2 is 1.59 bits per heavy atom. The maximum absolute atomic E-state index is 14.6. The molecular weight excluding hydrogens is 770 g/mol. The van der Waals surface area contributed by atoms with Crippen molar-refractivity contribution in [2.24, 2.45) is 64.1 Å². The molecular formula is C47H64ClN3O6S. The van der Waals surface area contributed by atoms with Crippen LogP contribution >= 0.6 is 22.9 Å². The van der Waals surface area contributed by atoms with E-state index in [0.29, 0.717) is 40.6 Å². The second kappa shape index (κ2) is 15.1. The number of nitrogens with one attached hydrogen (secondary N) is 1. The number of ether oxygens (including phenoxy) is 1. The van der Waals surface area contributed by atoms with Crippen molar-refractivity contribution in [3.63, 3.8) is 0 Å². The maximum atomic E-state index is 14.6. The number of fused-ring (bicyclic) bond motifs is 7. The van der Waals surface area contributed by atoms with E-state index in [0.717, 1.165) is 67.5 Å². The van der Waals surface area contributed by atoms with Crippen LogP contribution < -0.4 is 5.32 Å². The summed E-state index contributed by atoms with van der Waals surface area (Å²) >= 11 is 7.54. The third kappa shape index (κ3) is 6.60. The summed E-state index contributed by atoms with van der Waals surface area (Å²) < 4.78 is 6.24. The number of hydrogen-bond donors (Lipinski definition) is 2. The standard InChI is InChI=1S/C46H60ClN3O6S.CH4/c1-23(2)36-33(51)22-46(48-41(55)43(5,6)42-50-49-38(57-42)26-9-11-27(47)12-10-26)20-16-32-28(37(36)46)13-14-35-44(7)19-17-34(25(4)31(44)15-18-45(32,35)8)56-40(54)30-21-29(24(30)3)39(52)53;/h9-12,23-25,28-32,34-35H,13-22H2,1-8H3,(H,48,55)(H,52,53);1H4. The summed E-state index contributed by atoms with van der Waals surface area (Å²) in [6, 6.07) is 7.47. The van der Waals surface area contributed by atoms with E-state index in [4.69, 9.17) is 16.3 Å². The number of aliphatic carboxylic acids is 1. The van der Waals surface area contributed by atoms with Crippen LogP contribution in [0.5, 0.6) is 0 Å². The molecule has 1 heterocycles. The lowest BCUT2D eigenvalue weighted by atomic mass is 9.38. The Morgan fingerprint density at radius 1 is 0.931 bits per heavy atom.